The second-order valence-corrected chi connectivity index (χ2v) is 10.7. The summed E-state index contributed by atoms with van der Waals surface area (Å²) in [6, 6.07) is 14.4. The van der Waals surface area contributed by atoms with Crippen LogP contribution in [0.1, 0.15) is 32.9 Å². The molecular weight excluding hydrogens is 488 g/mol. The number of aliphatic hydroxyl groups is 1. The monoisotopic (exact) mass is 512 g/mol. The molecule has 0 bridgehead atoms. The Morgan fingerprint density at radius 3 is 2.26 bits per heavy atom. The molecule has 1 aliphatic heterocycles. The van der Waals surface area contributed by atoms with E-state index in [2.05, 4.69) is 15.5 Å². The van der Waals surface area contributed by atoms with Crippen LogP contribution in [0.4, 0.5) is 0 Å². The van der Waals surface area contributed by atoms with Crippen molar-refractivity contribution in [1.82, 2.24) is 20.1 Å². The molecule has 1 aliphatic carbocycles. The Hall–Kier alpha value is -2.98. The first-order valence-corrected chi connectivity index (χ1v) is 12.6. The maximum absolute atomic E-state index is 13.1. The average Bonchev–Trinajstić information content (AvgIpc) is 3.39. The van der Waals surface area contributed by atoms with E-state index in [1.165, 1.54) is 22.0 Å². The van der Waals surface area contributed by atoms with Crippen LogP contribution in [0.25, 0.3) is 5.69 Å². The van der Waals surface area contributed by atoms with E-state index < -0.39 is 0 Å². The summed E-state index contributed by atoms with van der Waals surface area (Å²) in [5.74, 6) is -0.504. The molecular formula is C25H25ClN4O4S. The fourth-order valence-electron chi connectivity index (χ4n) is 4.54. The fraction of sp³-hybridized carbons (Fsp3) is 0.320. The van der Waals surface area contributed by atoms with Crippen LogP contribution in [0.15, 0.2) is 65.6 Å². The molecule has 182 valence electrons. The van der Waals surface area contributed by atoms with E-state index in [0.29, 0.717) is 33.6 Å². The van der Waals surface area contributed by atoms with Gasteiger partial charge in [-0.1, -0.05) is 17.7 Å². The summed E-state index contributed by atoms with van der Waals surface area (Å²) in [7, 11) is 0. The molecule has 10 heteroatoms. The van der Waals surface area contributed by atoms with Gasteiger partial charge in [0.1, 0.15) is 0 Å². The van der Waals surface area contributed by atoms with E-state index in [1.807, 2.05) is 0 Å². The quantitative estimate of drug-likeness (QED) is 0.450. The predicted molar refractivity (Wildman–Crippen MR) is 135 cm³/mol. The molecule has 2 atom stereocenters. The molecule has 1 saturated heterocycles. The van der Waals surface area contributed by atoms with Crippen LogP contribution in [0.3, 0.4) is 0 Å². The molecule has 3 heterocycles. The van der Waals surface area contributed by atoms with Gasteiger partial charge in [0.05, 0.1) is 27.9 Å². The van der Waals surface area contributed by atoms with Crippen LogP contribution >= 0.6 is 22.9 Å². The number of aliphatic hydroxyl groups excluding tert-OH is 1. The van der Waals surface area contributed by atoms with Crippen molar-refractivity contribution in [2.45, 2.75) is 30.5 Å². The SMILES string of the molecule is O=C(N[C@H]1CN(C2(CO)CC2)C[C@H]1NC(=O)c1ccc(Cl)s1)c1ccc(-n2ccccc2=O)cc1. The minimum atomic E-state index is -0.331. The van der Waals surface area contributed by atoms with Gasteiger partial charge in [-0.3, -0.25) is 23.9 Å². The molecule has 35 heavy (non-hydrogen) atoms. The Kier molecular flexibility index (Phi) is 6.50. The molecule has 0 spiro atoms. The lowest BCUT2D eigenvalue weighted by atomic mass is 10.1. The first kappa shape index (κ1) is 23.7. The van der Waals surface area contributed by atoms with Gasteiger partial charge in [0.25, 0.3) is 17.4 Å². The Bertz CT molecular complexity index is 1300. The molecule has 1 saturated carbocycles. The number of thiophene rings is 1. The number of carbonyl (C=O) groups excluding carboxylic acids is 2. The number of carbonyl (C=O) groups is 2. The molecule has 2 aromatic heterocycles. The Balaban J connectivity index is 1.31. The molecule has 2 amide bonds. The summed E-state index contributed by atoms with van der Waals surface area (Å²) in [5.41, 5.74) is 0.700. The number of hydrogen-bond donors (Lipinski definition) is 3. The highest BCUT2D eigenvalue weighted by Crippen LogP contribution is 2.43. The lowest BCUT2D eigenvalue weighted by Gasteiger charge is -2.25. The fourth-order valence-corrected chi connectivity index (χ4v) is 5.49. The van der Waals surface area contributed by atoms with Gasteiger partial charge in [0, 0.05) is 42.1 Å². The molecule has 0 unspecified atom stereocenters. The van der Waals surface area contributed by atoms with E-state index in [1.54, 1.807) is 54.7 Å². The van der Waals surface area contributed by atoms with Gasteiger partial charge < -0.3 is 15.7 Å². The third-order valence-electron chi connectivity index (χ3n) is 6.77. The van der Waals surface area contributed by atoms with E-state index in [0.717, 1.165) is 12.8 Å². The molecule has 3 aromatic rings. The van der Waals surface area contributed by atoms with Gasteiger partial charge in [-0.05, 0) is 55.3 Å². The van der Waals surface area contributed by atoms with Crippen LogP contribution in [0, 0.1) is 0 Å². The van der Waals surface area contributed by atoms with Crippen molar-refractivity contribution >= 4 is 34.8 Å². The maximum atomic E-state index is 13.1. The number of halogens is 1. The van der Waals surface area contributed by atoms with E-state index in [9.17, 15) is 19.5 Å². The smallest absolute Gasteiger partial charge is 0.261 e. The van der Waals surface area contributed by atoms with E-state index >= 15 is 0 Å². The molecule has 3 N–H and O–H groups in total. The first-order valence-electron chi connectivity index (χ1n) is 11.4. The Morgan fingerprint density at radius 2 is 1.69 bits per heavy atom. The lowest BCUT2D eigenvalue weighted by Crippen LogP contribution is -2.50. The van der Waals surface area contributed by atoms with Gasteiger partial charge in [-0.25, -0.2) is 0 Å². The van der Waals surface area contributed by atoms with Gasteiger partial charge in [0.2, 0.25) is 0 Å². The van der Waals surface area contributed by atoms with Crippen molar-refractivity contribution < 1.29 is 14.7 Å². The Labute approximate surface area is 211 Å². The van der Waals surface area contributed by atoms with Crippen molar-refractivity contribution in [2.24, 2.45) is 0 Å². The molecule has 2 aliphatic rings. The Morgan fingerprint density at radius 1 is 1.00 bits per heavy atom. The molecule has 1 aromatic carbocycles. The lowest BCUT2D eigenvalue weighted by molar-refractivity contribution is 0.0898. The van der Waals surface area contributed by atoms with Crippen LogP contribution in [-0.4, -0.2) is 63.7 Å². The molecule has 0 radical (unpaired) electrons. The number of likely N-dealkylation sites (tertiary alicyclic amines) is 1. The average molecular weight is 513 g/mol. The number of hydrogen-bond acceptors (Lipinski definition) is 6. The van der Waals surface area contributed by atoms with Crippen LogP contribution in [0.5, 0.6) is 0 Å². The van der Waals surface area contributed by atoms with Crippen molar-refractivity contribution in [3.63, 3.8) is 0 Å². The highest BCUT2D eigenvalue weighted by Gasteiger charge is 2.52. The zero-order valence-corrected chi connectivity index (χ0v) is 20.4. The van der Waals surface area contributed by atoms with Crippen molar-refractivity contribution in [2.75, 3.05) is 19.7 Å². The summed E-state index contributed by atoms with van der Waals surface area (Å²) < 4.78 is 2.04. The third-order valence-corrected chi connectivity index (χ3v) is 8.00. The zero-order chi connectivity index (χ0) is 24.6. The molecule has 5 rings (SSSR count). The summed E-state index contributed by atoms with van der Waals surface area (Å²) in [5, 5.41) is 16.0. The number of rotatable bonds is 7. The minimum Gasteiger partial charge on any atom is -0.394 e. The van der Waals surface area contributed by atoms with Crippen molar-refractivity contribution in [3.05, 3.63) is 85.9 Å². The maximum Gasteiger partial charge on any atom is 0.261 e. The summed E-state index contributed by atoms with van der Waals surface area (Å²) >= 11 is 7.19. The minimum absolute atomic E-state index is 0.0508. The number of nitrogens with zero attached hydrogens (tertiary/aromatic N) is 2. The van der Waals surface area contributed by atoms with Gasteiger partial charge in [-0.15, -0.1) is 11.3 Å². The number of amides is 2. The summed E-state index contributed by atoms with van der Waals surface area (Å²) in [4.78, 5) is 40.6. The van der Waals surface area contributed by atoms with Crippen molar-refractivity contribution in [1.29, 1.82) is 0 Å². The van der Waals surface area contributed by atoms with E-state index in [-0.39, 0.29) is 41.6 Å². The highest BCUT2D eigenvalue weighted by molar-refractivity contribution is 7.18. The van der Waals surface area contributed by atoms with Crippen molar-refractivity contribution in [3.8, 4) is 5.69 Å². The number of benzene rings is 1. The van der Waals surface area contributed by atoms with Gasteiger partial charge in [0.15, 0.2) is 0 Å². The summed E-state index contributed by atoms with van der Waals surface area (Å²) in [6.07, 6.45) is 3.46. The standard InChI is InChI=1S/C25H25ClN4O4S/c26-21-9-8-20(35-21)24(34)28-19-14-29(25(15-31)10-11-25)13-18(19)27-23(33)16-4-6-17(7-5-16)30-12-2-1-3-22(30)32/h1-9,12,18-19,31H,10-11,13-15H2,(H,27,33)(H,28,34)/t18-,19+/m0/s1. The largest absolute Gasteiger partial charge is 0.394 e. The number of nitrogens with one attached hydrogen (secondary N) is 2. The number of aromatic nitrogens is 1. The molecule has 8 nitrogen and oxygen atoms in total. The predicted octanol–water partition coefficient (Wildman–Crippen LogP) is 2.29. The first-order chi connectivity index (χ1) is 16.9. The highest BCUT2D eigenvalue weighted by atomic mass is 35.5. The number of pyridine rings is 1. The van der Waals surface area contributed by atoms with E-state index in [4.69, 9.17) is 11.6 Å². The second kappa shape index (κ2) is 9.58. The topological polar surface area (TPSA) is 104 Å². The zero-order valence-electron chi connectivity index (χ0n) is 18.8. The van der Waals surface area contributed by atoms with Gasteiger partial charge >= 0.3 is 0 Å². The van der Waals surface area contributed by atoms with Gasteiger partial charge in [-0.2, -0.15) is 0 Å². The second-order valence-electron chi connectivity index (χ2n) is 9.01. The summed E-state index contributed by atoms with van der Waals surface area (Å²) in [6.45, 7) is 1.11. The third kappa shape index (κ3) is 4.90. The van der Waals surface area contributed by atoms with Crippen LogP contribution < -0.4 is 16.2 Å². The van der Waals surface area contributed by atoms with Crippen LogP contribution in [-0.2, 0) is 0 Å². The molecule has 2 fully saturated rings. The van der Waals surface area contributed by atoms with Crippen LogP contribution in [0.2, 0.25) is 4.34 Å². The normalized spacial score (nSPS) is 21.0.